The van der Waals surface area contributed by atoms with E-state index < -0.39 is 0 Å². The number of aromatic nitrogens is 1. The lowest BCUT2D eigenvalue weighted by atomic mass is 10.3. The molecule has 5 heteroatoms. The predicted octanol–water partition coefficient (Wildman–Crippen LogP) is 1.08. The Morgan fingerprint density at radius 3 is 2.94 bits per heavy atom. The summed E-state index contributed by atoms with van der Waals surface area (Å²) in [5, 5.41) is 3.29. The molecule has 4 nitrogen and oxygen atoms in total. The van der Waals surface area contributed by atoms with Crippen molar-refractivity contribution in [3.63, 3.8) is 0 Å². The summed E-state index contributed by atoms with van der Waals surface area (Å²) in [4.78, 5) is 6.63. The molecule has 0 unspecified atom stereocenters. The van der Waals surface area contributed by atoms with Crippen molar-refractivity contribution in [2.24, 2.45) is 5.73 Å². The highest BCUT2D eigenvalue weighted by Gasteiger charge is 2.04. The molecule has 0 radical (unpaired) electrons. The van der Waals surface area contributed by atoms with E-state index in [0.717, 1.165) is 25.2 Å². The van der Waals surface area contributed by atoms with Gasteiger partial charge in [0.25, 0.3) is 0 Å². The molecule has 0 fully saturated rings. The maximum absolute atomic E-state index is 5.59. The maximum atomic E-state index is 5.59. The molecule has 0 atom stereocenters. The van der Waals surface area contributed by atoms with E-state index in [1.54, 1.807) is 6.20 Å². The van der Waals surface area contributed by atoms with E-state index in [0.29, 0.717) is 10.7 Å². The van der Waals surface area contributed by atoms with Gasteiger partial charge in [-0.15, -0.1) is 0 Å². The minimum atomic E-state index is 0.329. The topological polar surface area (TPSA) is 54.2 Å². The second-order valence-electron chi connectivity index (χ2n) is 3.85. The molecule has 0 saturated heterocycles. The lowest BCUT2D eigenvalue weighted by molar-refractivity contribution is 0.405. The molecule has 1 rings (SSSR count). The molecule has 1 aromatic rings. The Morgan fingerprint density at radius 2 is 2.31 bits per heavy atom. The highest BCUT2D eigenvalue weighted by molar-refractivity contribution is 7.80. The number of hydrogen-bond donors (Lipinski definition) is 2. The molecule has 0 aliphatic carbocycles. The van der Waals surface area contributed by atoms with Crippen molar-refractivity contribution in [3.8, 4) is 0 Å². The van der Waals surface area contributed by atoms with Crippen LogP contribution in [0.2, 0.25) is 0 Å². The zero-order valence-electron chi connectivity index (χ0n) is 9.73. The Morgan fingerprint density at radius 1 is 1.56 bits per heavy atom. The molecule has 88 valence electrons. The number of thiocarbonyl (C=S) groups is 1. The molecule has 0 bridgehead atoms. The van der Waals surface area contributed by atoms with Gasteiger partial charge < -0.3 is 16.0 Å². The first-order valence-corrected chi connectivity index (χ1v) is 5.65. The summed E-state index contributed by atoms with van der Waals surface area (Å²) in [5.41, 5.74) is 7.17. The Hall–Kier alpha value is -1.20. The van der Waals surface area contributed by atoms with Crippen LogP contribution in [0.1, 0.15) is 12.1 Å². The molecule has 0 aliphatic heterocycles. The Labute approximate surface area is 102 Å². The minimum Gasteiger partial charge on any atom is -0.388 e. The molecule has 0 aromatic carbocycles. The molecule has 16 heavy (non-hydrogen) atoms. The van der Waals surface area contributed by atoms with Crippen LogP contribution in [0.4, 0.5) is 5.69 Å². The van der Waals surface area contributed by atoms with Gasteiger partial charge in [-0.3, -0.25) is 4.98 Å². The molecule has 1 heterocycles. The average molecular weight is 238 g/mol. The first kappa shape index (κ1) is 12.9. The second-order valence-corrected chi connectivity index (χ2v) is 4.29. The van der Waals surface area contributed by atoms with E-state index in [1.165, 1.54) is 0 Å². The van der Waals surface area contributed by atoms with E-state index in [9.17, 15) is 0 Å². The molecule has 0 saturated carbocycles. The van der Waals surface area contributed by atoms with Gasteiger partial charge in [-0.1, -0.05) is 12.2 Å². The number of nitrogens with zero attached hydrogens (tertiary/aromatic N) is 2. The van der Waals surface area contributed by atoms with Crippen LogP contribution in [-0.2, 0) is 0 Å². The van der Waals surface area contributed by atoms with Gasteiger partial charge in [-0.25, -0.2) is 0 Å². The van der Waals surface area contributed by atoms with Gasteiger partial charge >= 0.3 is 0 Å². The van der Waals surface area contributed by atoms with Crippen LogP contribution in [0.3, 0.4) is 0 Å². The lowest BCUT2D eigenvalue weighted by Gasteiger charge is -2.12. The number of pyridine rings is 1. The summed E-state index contributed by atoms with van der Waals surface area (Å²) in [7, 11) is 4.12. The molecule has 1 aromatic heterocycles. The van der Waals surface area contributed by atoms with Crippen LogP contribution in [0, 0.1) is 0 Å². The van der Waals surface area contributed by atoms with Crippen molar-refractivity contribution in [2.75, 3.05) is 32.5 Å². The molecule has 0 aliphatic rings. The third-order valence-electron chi connectivity index (χ3n) is 2.14. The van der Waals surface area contributed by atoms with E-state index in [1.807, 2.05) is 12.1 Å². The standard InChI is InChI=1S/C11H18N4S/c1-15(2)8-4-7-13-9-5-3-6-14-10(9)11(12)16/h3,5-6,13H,4,7-8H2,1-2H3,(H2,12,16). The van der Waals surface area contributed by atoms with Gasteiger partial charge in [0, 0.05) is 12.7 Å². The van der Waals surface area contributed by atoms with Gasteiger partial charge in [-0.05, 0) is 39.2 Å². The summed E-state index contributed by atoms with van der Waals surface area (Å²) < 4.78 is 0. The largest absolute Gasteiger partial charge is 0.388 e. The summed E-state index contributed by atoms with van der Waals surface area (Å²) >= 11 is 4.94. The molecular weight excluding hydrogens is 220 g/mol. The minimum absolute atomic E-state index is 0.329. The van der Waals surface area contributed by atoms with Crippen molar-refractivity contribution in [2.45, 2.75) is 6.42 Å². The molecule has 0 amide bonds. The second kappa shape index (κ2) is 6.40. The van der Waals surface area contributed by atoms with Crippen LogP contribution in [0.25, 0.3) is 0 Å². The third-order valence-corrected chi connectivity index (χ3v) is 2.33. The van der Waals surface area contributed by atoms with E-state index in [4.69, 9.17) is 18.0 Å². The molecule has 3 N–H and O–H groups in total. The number of rotatable bonds is 6. The number of nitrogens with two attached hydrogens (primary N) is 1. The average Bonchev–Trinajstić information content (AvgIpc) is 2.24. The smallest absolute Gasteiger partial charge is 0.124 e. The summed E-state index contributed by atoms with van der Waals surface area (Å²) in [6, 6.07) is 3.81. The first-order valence-electron chi connectivity index (χ1n) is 5.24. The van der Waals surface area contributed by atoms with Crippen LogP contribution < -0.4 is 11.1 Å². The van der Waals surface area contributed by atoms with Gasteiger partial charge in [0.05, 0.1) is 5.69 Å². The fourth-order valence-electron chi connectivity index (χ4n) is 1.36. The van der Waals surface area contributed by atoms with Crippen LogP contribution in [0.5, 0.6) is 0 Å². The van der Waals surface area contributed by atoms with Crippen LogP contribution in [-0.4, -0.2) is 42.1 Å². The molecular formula is C11H18N4S. The number of anilines is 1. The van der Waals surface area contributed by atoms with Gasteiger partial charge in [-0.2, -0.15) is 0 Å². The van der Waals surface area contributed by atoms with Crippen molar-refractivity contribution in [3.05, 3.63) is 24.0 Å². The fourth-order valence-corrected chi connectivity index (χ4v) is 1.53. The predicted molar refractivity (Wildman–Crippen MR) is 71.8 cm³/mol. The Balaban J connectivity index is 2.50. The number of hydrogen-bond acceptors (Lipinski definition) is 4. The normalized spacial score (nSPS) is 10.4. The summed E-state index contributed by atoms with van der Waals surface area (Å²) in [6.45, 7) is 1.94. The zero-order valence-corrected chi connectivity index (χ0v) is 10.5. The van der Waals surface area contributed by atoms with Crippen molar-refractivity contribution < 1.29 is 0 Å². The van der Waals surface area contributed by atoms with Gasteiger partial charge in [0.15, 0.2) is 0 Å². The van der Waals surface area contributed by atoms with Crippen molar-refractivity contribution in [1.82, 2.24) is 9.88 Å². The summed E-state index contributed by atoms with van der Waals surface area (Å²) in [6.07, 6.45) is 2.76. The SMILES string of the molecule is CN(C)CCCNc1cccnc1C(N)=S. The Bertz CT molecular complexity index is 352. The highest BCUT2D eigenvalue weighted by Crippen LogP contribution is 2.11. The van der Waals surface area contributed by atoms with Crippen molar-refractivity contribution >= 4 is 22.9 Å². The summed E-state index contributed by atoms with van der Waals surface area (Å²) in [5.74, 6) is 0. The third kappa shape index (κ3) is 4.12. The van der Waals surface area contributed by atoms with E-state index in [-0.39, 0.29) is 0 Å². The quantitative estimate of drug-likeness (QED) is 0.574. The monoisotopic (exact) mass is 238 g/mol. The zero-order chi connectivity index (χ0) is 12.0. The van der Waals surface area contributed by atoms with Crippen molar-refractivity contribution in [1.29, 1.82) is 0 Å². The van der Waals surface area contributed by atoms with Gasteiger partial charge in [0.2, 0.25) is 0 Å². The van der Waals surface area contributed by atoms with E-state index in [2.05, 4.69) is 29.3 Å². The first-order chi connectivity index (χ1) is 7.61. The number of nitrogens with one attached hydrogen (secondary N) is 1. The van der Waals surface area contributed by atoms with E-state index >= 15 is 0 Å². The van der Waals surface area contributed by atoms with Gasteiger partial charge in [0.1, 0.15) is 10.7 Å². The highest BCUT2D eigenvalue weighted by atomic mass is 32.1. The Kier molecular flexibility index (Phi) is 5.14. The fraction of sp³-hybridized carbons (Fsp3) is 0.455. The lowest BCUT2D eigenvalue weighted by Crippen LogP contribution is -2.18. The van der Waals surface area contributed by atoms with Crippen LogP contribution >= 0.6 is 12.2 Å². The maximum Gasteiger partial charge on any atom is 0.124 e. The molecule has 0 spiro atoms. The van der Waals surface area contributed by atoms with Crippen LogP contribution in [0.15, 0.2) is 18.3 Å².